The summed E-state index contributed by atoms with van der Waals surface area (Å²) >= 11 is 0. The fourth-order valence-electron chi connectivity index (χ4n) is 3.81. The Hall–Kier alpha value is -0.770. The van der Waals surface area contributed by atoms with Gasteiger partial charge in [0.25, 0.3) is 5.91 Å². The van der Waals surface area contributed by atoms with Crippen molar-refractivity contribution in [2.45, 2.75) is 88.4 Å². The molecule has 1 amide bonds. The summed E-state index contributed by atoms with van der Waals surface area (Å²) in [6, 6.07) is -0.142. The molecule has 2 rings (SSSR count). The number of amides is 1. The number of hydrogen-bond donors (Lipinski definition) is 6. The van der Waals surface area contributed by atoms with Gasteiger partial charge in [-0.25, -0.2) is 0 Å². The molecule has 134 valence electrons. The Morgan fingerprint density at radius 2 is 1.65 bits per heavy atom. The summed E-state index contributed by atoms with van der Waals surface area (Å²) in [7, 11) is 0. The lowest BCUT2D eigenvalue weighted by Gasteiger charge is -2.46. The monoisotopic (exact) mass is 332 g/mol. The van der Waals surface area contributed by atoms with Crippen LogP contribution in [0.15, 0.2) is 0 Å². The fraction of sp³-hybridized carbons (Fsp3) is 0.933. The van der Waals surface area contributed by atoms with Gasteiger partial charge in [0.05, 0.1) is 0 Å². The number of rotatable bonds is 3. The van der Waals surface area contributed by atoms with E-state index in [1.165, 1.54) is 0 Å². The molecular weight excluding hydrogens is 304 g/mol. The van der Waals surface area contributed by atoms with Gasteiger partial charge in [-0.3, -0.25) is 4.79 Å². The van der Waals surface area contributed by atoms with Crippen molar-refractivity contribution in [3.05, 3.63) is 0 Å². The lowest BCUT2D eigenvalue weighted by atomic mass is 9.79. The van der Waals surface area contributed by atoms with Gasteiger partial charge in [-0.2, -0.15) is 0 Å². The van der Waals surface area contributed by atoms with Crippen molar-refractivity contribution in [1.82, 2.24) is 10.6 Å². The highest BCUT2D eigenvalue weighted by Gasteiger charge is 2.48. The van der Waals surface area contributed by atoms with Crippen molar-refractivity contribution >= 4 is 5.91 Å². The smallest absolute Gasteiger partial charge is 0.251 e. The number of aliphatic hydroxyl groups is 4. The second-order valence-corrected chi connectivity index (χ2v) is 7.92. The van der Waals surface area contributed by atoms with Crippen LogP contribution in [-0.4, -0.2) is 74.2 Å². The molecule has 23 heavy (non-hydrogen) atoms. The first-order valence-electron chi connectivity index (χ1n) is 7.89. The van der Waals surface area contributed by atoms with Crippen molar-refractivity contribution in [3.63, 3.8) is 0 Å². The number of piperidine rings is 1. The Morgan fingerprint density at radius 1 is 1.13 bits per heavy atom. The number of carbonyl (C=O) groups is 1. The first-order valence-corrected chi connectivity index (χ1v) is 7.89. The van der Waals surface area contributed by atoms with Crippen LogP contribution in [0, 0.1) is 0 Å². The Balaban J connectivity index is 1.99. The van der Waals surface area contributed by atoms with Gasteiger partial charge >= 0.3 is 0 Å². The van der Waals surface area contributed by atoms with Gasteiger partial charge in [0.15, 0.2) is 12.4 Å². The first-order chi connectivity index (χ1) is 10.4. The summed E-state index contributed by atoms with van der Waals surface area (Å²) < 4.78 is 4.87. The van der Waals surface area contributed by atoms with Gasteiger partial charge in [0, 0.05) is 17.1 Å². The Morgan fingerprint density at radius 3 is 2.09 bits per heavy atom. The minimum Gasteiger partial charge on any atom is -0.387 e. The van der Waals surface area contributed by atoms with E-state index in [1.807, 2.05) is 27.7 Å². The summed E-state index contributed by atoms with van der Waals surface area (Å²) in [5.41, 5.74) is -0.333. The topological polar surface area (TPSA) is 131 Å². The van der Waals surface area contributed by atoms with Crippen molar-refractivity contribution in [2.75, 3.05) is 0 Å². The maximum absolute atomic E-state index is 12.2. The largest absolute Gasteiger partial charge is 0.387 e. The molecule has 6 N–H and O–H groups in total. The molecule has 2 aliphatic rings. The molecule has 0 bridgehead atoms. The van der Waals surface area contributed by atoms with Crippen molar-refractivity contribution in [2.24, 2.45) is 0 Å². The summed E-state index contributed by atoms with van der Waals surface area (Å²) in [6.45, 7) is 8.17. The van der Waals surface area contributed by atoms with E-state index < -0.39 is 36.6 Å². The molecule has 2 heterocycles. The van der Waals surface area contributed by atoms with Crippen LogP contribution in [0.2, 0.25) is 0 Å². The fourth-order valence-corrected chi connectivity index (χ4v) is 3.81. The first kappa shape index (κ1) is 18.6. The van der Waals surface area contributed by atoms with Gasteiger partial charge in [0.2, 0.25) is 0 Å². The maximum atomic E-state index is 12.2. The van der Waals surface area contributed by atoms with Gasteiger partial charge in [-0.05, 0) is 40.5 Å². The number of hydrogen-bond acceptors (Lipinski definition) is 7. The second kappa shape index (κ2) is 6.27. The molecule has 8 heteroatoms. The Bertz CT molecular complexity index is 439. The van der Waals surface area contributed by atoms with Crippen molar-refractivity contribution in [3.8, 4) is 0 Å². The van der Waals surface area contributed by atoms with Crippen LogP contribution in [0.3, 0.4) is 0 Å². The van der Waals surface area contributed by atoms with Gasteiger partial charge in [0.1, 0.15) is 18.3 Å². The lowest BCUT2D eigenvalue weighted by Crippen LogP contribution is -2.63. The van der Waals surface area contributed by atoms with Gasteiger partial charge in [-0.1, -0.05) is 0 Å². The molecule has 0 aromatic rings. The molecule has 2 aliphatic heterocycles. The molecule has 0 aromatic carbocycles. The molecule has 0 aliphatic carbocycles. The summed E-state index contributed by atoms with van der Waals surface area (Å²) in [6.07, 6.45) is -6.33. The van der Waals surface area contributed by atoms with E-state index in [4.69, 9.17) is 4.74 Å². The third-order valence-electron chi connectivity index (χ3n) is 4.39. The number of carbonyl (C=O) groups excluding carboxylic acids is 1. The zero-order valence-electron chi connectivity index (χ0n) is 14.0. The van der Waals surface area contributed by atoms with E-state index in [0.29, 0.717) is 12.8 Å². The number of ether oxygens (including phenoxy) is 1. The molecule has 8 nitrogen and oxygen atoms in total. The van der Waals surface area contributed by atoms with E-state index in [9.17, 15) is 25.2 Å². The van der Waals surface area contributed by atoms with Gasteiger partial charge < -0.3 is 35.8 Å². The van der Waals surface area contributed by atoms with Crippen molar-refractivity contribution in [1.29, 1.82) is 0 Å². The summed E-state index contributed by atoms with van der Waals surface area (Å²) in [4.78, 5) is 12.2. The van der Waals surface area contributed by atoms with Crippen LogP contribution in [0.4, 0.5) is 0 Å². The normalized spacial score (nSPS) is 38.3. The Kier molecular flexibility index (Phi) is 5.06. The number of aliphatic hydroxyl groups excluding tert-OH is 4. The standard InChI is InChI=1S/C15H28N2O6/c1-14(2)5-7(6-15(3,4)17-14)16-12(21)10(20)11-8(18)9(19)13(22)23-11/h7-11,13,17-20,22H,5-6H2,1-4H3,(H,16,21). The average molecular weight is 332 g/mol. The zero-order valence-corrected chi connectivity index (χ0v) is 14.0. The predicted molar refractivity (Wildman–Crippen MR) is 81.4 cm³/mol. The number of nitrogens with one attached hydrogen (secondary N) is 2. The molecule has 0 saturated carbocycles. The van der Waals surface area contributed by atoms with Crippen LogP contribution in [-0.2, 0) is 9.53 Å². The minimum atomic E-state index is -1.67. The molecule has 2 saturated heterocycles. The quantitative estimate of drug-likeness (QED) is 0.360. The van der Waals surface area contributed by atoms with E-state index in [2.05, 4.69) is 10.6 Å². The molecule has 0 radical (unpaired) electrons. The maximum Gasteiger partial charge on any atom is 0.251 e. The zero-order chi connectivity index (χ0) is 17.6. The summed E-state index contributed by atoms with van der Waals surface area (Å²) in [5, 5.41) is 44.9. The third-order valence-corrected chi connectivity index (χ3v) is 4.39. The molecule has 0 aromatic heterocycles. The third kappa shape index (κ3) is 4.20. The highest BCUT2D eigenvalue weighted by Crippen LogP contribution is 2.29. The molecular formula is C15H28N2O6. The Labute approximate surface area is 135 Å². The lowest BCUT2D eigenvalue weighted by molar-refractivity contribution is -0.159. The van der Waals surface area contributed by atoms with Crippen molar-refractivity contribution < 1.29 is 30.0 Å². The highest BCUT2D eigenvalue weighted by molar-refractivity contribution is 5.81. The van der Waals surface area contributed by atoms with E-state index in [0.717, 1.165) is 0 Å². The van der Waals surface area contributed by atoms with E-state index in [1.54, 1.807) is 0 Å². The molecule has 0 spiro atoms. The van der Waals surface area contributed by atoms with E-state index >= 15 is 0 Å². The molecule has 2 fully saturated rings. The van der Waals surface area contributed by atoms with Crippen LogP contribution >= 0.6 is 0 Å². The molecule has 5 atom stereocenters. The van der Waals surface area contributed by atoms with Crippen LogP contribution in [0.5, 0.6) is 0 Å². The van der Waals surface area contributed by atoms with Crippen LogP contribution in [0.1, 0.15) is 40.5 Å². The SMILES string of the molecule is CC1(C)CC(NC(=O)C(O)C2OC(O)C(O)C2O)CC(C)(C)N1. The van der Waals surface area contributed by atoms with Gasteiger partial charge in [-0.15, -0.1) is 0 Å². The second-order valence-electron chi connectivity index (χ2n) is 7.92. The average Bonchev–Trinajstić information content (AvgIpc) is 2.61. The molecule has 5 unspecified atom stereocenters. The van der Waals surface area contributed by atoms with Crippen LogP contribution < -0.4 is 10.6 Å². The predicted octanol–water partition coefficient (Wildman–Crippen LogP) is -1.79. The van der Waals surface area contributed by atoms with Crippen LogP contribution in [0.25, 0.3) is 0 Å². The van der Waals surface area contributed by atoms with E-state index in [-0.39, 0.29) is 17.1 Å². The minimum absolute atomic E-state index is 0.142. The summed E-state index contributed by atoms with van der Waals surface area (Å²) in [5.74, 6) is -0.686. The highest BCUT2D eigenvalue weighted by atomic mass is 16.6.